The van der Waals surface area contributed by atoms with Gasteiger partial charge in [0, 0.05) is 10.9 Å². The number of aromatic nitrogens is 3. The standard InChI is InChI=1S/C17H14N4O2S2/c1-12-7-9-14(10-8-12)25(22,23)20-16-18-17-21(19-16)15(11-24-17)13-5-3-2-4-6-13/h2-11H,1H3,(H,19,20). The van der Waals surface area contributed by atoms with E-state index in [1.165, 1.54) is 11.3 Å². The molecule has 4 aromatic rings. The molecular formula is C17H14N4O2S2. The topological polar surface area (TPSA) is 76.4 Å². The van der Waals surface area contributed by atoms with E-state index in [9.17, 15) is 8.42 Å². The Kier molecular flexibility index (Phi) is 3.78. The van der Waals surface area contributed by atoms with E-state index in [2.05, 4.69) is 14.8 Å². The largest absolute Gasteiger partial charge is 0.264 e. The molecule has 0 fully saturated rings. The molecule has 2 heterocycles. The van der Waals surface area contributed by atoms with Crippen LogP contribution in [-0.2, 0) is 10.0 Å². The van der Waals surface area contributed by atoms with Crippen LogP contribution in [0.4, 0.5) is 5.95 Å². The molecule has 0 amide bonds. The van der Waals surface area contributed by atoms with Gasteiger partial charge in [-0.1, -0.05) is 48.0 Å². The second-order valence-corrected chi connectivity index (χ2v) is 8.05. The molecule has 0 radical (unpaired) electrons. The number of hydrogen-bond acceptors (Lipinski definition) is 5. The van der Waals surface area contributed by atoms with E-state index in [0.717, 1.165) is 16.8 Å². The number of benzene rings is 2. The predicted molar refractivity (Wildman–Crippen MR) is 98.3 cm³/mol. The van der Waals surface area contributed by atoms with Crippen LogP contribution in [0.1, 0.15) is 5.56 Å². The molecule has 0 aliphatic carbocycles. The molecule has 2 aromatic carbocycles. The summed E-state index contributed by atoms with van der Waals surface area (Å²) in [5, 5.41) is 6.25. The van der Waals surface area contributed by atoms with E-state index in [4.69, 9.17) is 0 Å². The number of rotatable bonds is 4. The molecule has 126 valence electrons. The first-order valence-corrected chi connectivity index (χ1v) is 9.88. The van der Waals surface area contributed by atoms with Crippen molar-refractivity contribution in [2.24, 2.45) is 0 Å². The monoisotopic (exact) mass is 370 g/mol. The zero-order valence-corrected chi connectivity index (χ0v) is 14.9. The molecule has 1 N–H and O–H groups in total. The van der Waals surface area contributed by atoms with Crippen LogP contribution in [0.2, 0.25) is 0 Å². The number of nitrogens with one attached hydrogen (secondary N) is 1. The molecule has 6 nitrogen and oxygen atoms in total. The molecule has 0 unspecified atom stereocenters. The quantitative estimate of drug-likeness (QED) is 0.596. The molecule has 25 heavy (non-hydrogen) atoms. The SMILES string of the molecule is Cc1ccc(S(=O)(=O)Nc2nc3scc(-c4ccccc4)n3n2)cc1. The lowest BCUT2D eigenvalue weighted by Gasteiger charge is -2.04. The number of hydrogen-bond donors (Lipinski definition) is 1. The summed E-state index contributed by atoms with van der Waals surface area (Å²) in [7, 11) is -3.72. The summed E-state index contributed by atoms with van der Waals surface area (Å²) in [6.45, 7) is 1.90. The fraction of sp³-hybridized carbons (Fsp3) is 0.0588. The molecule has 0 aliphatic heterocycles. The Hall–Kier alpha value is -2.71. The summed E-state index contributed by atoms with van der Waals surface area (Å²) in [5.41, 5.74) is 2.85. The van der Waals surface area contributed by atoms with Crippen molar-refractivity contribution >= 4 is 32.3 Å². The fourth-order valence-corrected chi connectivity index (χ4v) is 4.20. The van der Waals surface area contributed by atoms with Gasteiger partial charge in [-0.05, 0) is 19.1 Å². The van der Waals surface area contributed by atoms with Gasteiger partial charge in [0.1, 0.15) is 0 Å². The van der Waals surface area contributed by atoms with Crippen LogP contribution >= 0.6 is 11.3 Å². The third kappa shape index (κ3) is 3.01. The maximum atomic E-state index is 12.5. The highest BCUT2D eigenvalue weighted by Gasteiger charge is 2.18. The lowest BCUT2D eigenvalue weighted by Crippen LogP contribution is -2.14. The summed E-state index contributed by atoms with van der Waals surface area (Å²) in [5.74, 6) is 0.0598. The van der Waals surface area contributed by atoms with Crippen molar-refractivity contribution < 1.29 is 8.42 Å². The highest BCUT2D eigenvalue weighted by Crippen LogP contribution is 2.26. The Labute approximate surface area is 148 Å². The number of sulfonamides is 1. The molecule has 8 heteroatoms. The van der Waals surface area contributed by atoms with Crippen molar-refractivity contribution in [1.82, 2.24) is 14.6 Å². The predicted octanol–water partition coefficient (Wildman–Crippen LogP) is 3.57. The van der Waals surface area contributed by atoms with E-state index < -0.39 is 10.0 Å². The molecular weight excluding hydrogens is 356 g/mol. The maximum absolute atomic E-state index is 12.5. The lowest BCUT2D eigenvalue weighted by molar-refractivity contribution is 0.601. The zero-order valence-electron chi connectivity index (χ0n) is 13.2. The first-order chi connectivity index (χ1) is 12.0. The Morgan fingerprint density at radius 3 is 2.48 bits per heavy atom. The zero-order chi connectivity index (χ0) is 17.4. The molecule has 0 aliphatic rings. The van der Waals surface area contributed by atoms with Crippen LogP contribution in [0, 0.1) is 6.92 Å². The van der Waals surface area contributed by atoms with Crippen molar-refractivity contribution in [3.63, 3.8) is 0 Å². The van der Waals surface area contributed by atoms with Crippen LogP contribution in [0.15, 0.2) is 64.9 Å². The molecule has 0 bridgehead atoms. The maximum Gasteiger partial charge on any atom is 0.264 e. The summed E-state index contributed by atoms with van der Waals surface area (Å²) >= 11 is 1.41. The van der Waals surface area contributed by atoms with Crippen LogP contribution in [0.5, 0.6) is 0 Å². The number of fused-ring (bicyclic) bond motifs is 1. The second-order valence-electron chi connectivity index (χ2n) is 5.54. The Morgan fingerprint density at radius 2 is 1.76 bits per heavy atom. The number of anilines is 1. The van der Waals surface area contributed by atoms with Gasteiger partial charge < -0.3 is 0 Å². The van der Waals surface area contributed by atoms with Crippen molar-refractivity contribution in [2.45, 2.75) is 11.8 Å². The molecule has 0 saturated carbocycles. The number of nitrogens with zero attached hydrogens (tertiary/aromatic N) is 3. The molecule has 0 atom stereocenters. The van der Waals surface area contributed by atoms with Gasteiger partial charge in [0.15, 0.2) is 0 Å². The van der Waals surface area contributed by atoms with Crippen LogP contribution in [0.25, 0.3) is 16.2 Å². The van der Waals surface area contributed by atoms with Gasteiger partial charge in [-0.2, -0.15) is 4.98 Å². The van der Waals surface area contributed by atoms with Gasteiger partial charge in [-0.15, -0.1) is 16.4 Å². The first-order valence-electron chi connectivity index (χ1n) is 7.52. The van der Waals surface area contributed by atoms with Gasteiger partial charge in [0.05, 0.1) is 10.6 Å². The first kappa shape index (κ1) is 15.8. The second kappa shape index (κ2) is 5.98. The minimum Gasteiger partial charge on any atom is -0.246 e. The lowest BCUT2D eigenvalue weighted by atomic mass is 10.2. The van der Waals surface area contributed by atoms with Crippen LogP contribution in [-0.4, -0.2) is 23.0 Å². The Morgan fingerprint density at radius 1 is 1.04 bits per heavy atom. The molecule has 4 rings (SSSR count). The van der Waals surface area contributed by atoms with Crippen molar-refractivity contribution in [1.29, 1.82) is 0 Å². The van der Waals surface area contributed by atoms with Crippen molar-refractivity contribution in [2.75, 3.05) is 4.72 Å². The number of aryl methyl sites for hydroxylation is 1. The summed E-state index contributed by atoms with van der Waals surface area (Å²) < 4.78 is 29.0. The third-order valence-electron chi connectivity index (χ3n) is 3.71. The van der Waals surface area contributed by atoms with Gasteiger partial charge in [0.25, 0.3) is 16.0 Å². The van der Waals surface area contributed by atoms with Crippen LogP contribution < -0.4 is 4.72 Å². The van der Waals surface area contributed by atoms with Gasteiger partial charge in [-0.3, -0.25) is 0 Å². The highest BCUT2D eigenvalue weighted by atomic mass is 32.2. The molecule has 0 saturated heterocycles. The smallest absolute Gasteiger partial charge is 0.246 e. The van der Waals surface area contributed by atoms with Crippen molar-refractivity contribution in [3.8, 4) is 11.3 Å². The minimum atomic E-state index is -3.72. The van der Waals surface area contributed by atoms with E-state index in [-0.39, 0.29) is 10.8 Å². The summed E-state index contributed by atoms with van der Waals surface area (Å²) in [4.78, 5) is 5.07. The summed E-state index contributed by atoms with van der Waals surface area (Å²) in [6.07, 6.45) is 0. The van der Waals surface area contributed by atoms with E-state index in [0.29, 0.717) is 4.96 Å². The van der Waals surface area contributed by atoms with Crippen LogP contribution in [0.3, 0.4) is 0 Å². The van der Waals surface area contributed by atoms with Gasteiger partial charge in [-0.25, -0.2) is 17.7 Å². The van der Waals surface area contributed by atoms with Gasteiger partial charge in [0.2, 0.25) is 4.96 Å². The number of thiazole rings is 1. The van der Waals surface area contributed by atoms with E-state index in [1.807, 2.05) is 42.6 Å². The highest BCUT2D eigenvalue weighted by molar-refractivity contribution is 7.92. The van der Waals surface area contributed by atoms with E-state index >= 15 is 0 Å². The molecule has 2 aromatic heterocycles. The Balaban J connectivity index is 1.69. The Bertz CT molecular complexity index is 1130. The summed E-state index contributed by atoms with van der Waals surface area (Å²) in [6, 6.07) is 16.4. The van der Waals surface area contributed by atoms with Crippen molar-refractivity contribution in [3.05, 3.63) is 65.5 Å². The normalized spacial score (nSPS) is 11.7. The fourth-order valence-electron chi connectivity index (χ4n) is 2.43. The average Bonchev–Trinajstić information content (AvgIpc) is 3.15. The minimum absolute atomic E-state index is 0.0598. The van der Waals surface area contributed by atoms with E-state index in [1.54, 1.807) is 28.8 Å². The third-order valence-corrected chi connectivity index (χ3v) is 5.87. The average molecular weight is 370 g/mol. The molecule has 0 spiro atoms. The van der Waals surface area contributed by atoms with Gasteiger partial charge >= 0.3 is 0 Å².